The zero-order valence-electron chi connectivity index (χ0n) is 10.9. The Labute approximate surface area is 113 Å². The quantitative estimate of drug-likeness (QED) is 0.861. The first-order valence-corrected chi connectivity index (χ1v) is 5.98. The van der Waals surface area contributed by atoms with Gasteiger partial charge in [0.2, 0.25) is 5.95 Å². The lowest BCUT2D eigenvalue weighted by molar-refractivity contribution is -0.137. The lowest BCUT2D eigenvalue weighted by Gasteiger charge is -2.12. The highest BCUT2D eigenvalue weighted by Crippen LogP contribution is 2.32. The van der Waals surface area contributed by atoms with Gasteiger partial charge in [-0.15, -0.1) is 0 Å². The molecule has 3 nitrogen and oxygen atoms in total. The van der Waals surface area contributed by atoms with Crippen LogP contribution in [0, 0.1) is 12.7 Å². The van der Waals surface area contributed by atoms with Crippen LogP contribution in [0.15, 0.2) is 24.4 Å². The van der Waals surface area contributed by atoms with Gasteiger partial charge in [0.1, 0.15) is 5.82 Å². The van der Waals surface area contributed by atoms with Crippen molar-refractivity contribution in [2.24, 2.45) is 0 Å². The number of rotatable bonds is 3. The van der Waals surface area contributed by atoms with Gasteiger partial charge in [-0.1, -0.05) is 0 Å². The summed E-state index contributed by atoms with van der Waals surface area (Å²) in [5.74, 6) is -0.454. The molecule has 0 aliphatic heterocycles. The lowest BCUT2D eigenvalue weighted by atomic mass is 10.2. The highest BCUT2D eigenvalue weighted by atomic mass is 19.4. The fourth-order valence-corrected chi connectivity index (χ4v) is 1.81. The Balaban J connectivity index is 2.37. The van der Waals surface area contributed by atoms with Crippen LogP contribution in [0.1, 0.15) is 18.2 Å². The molecule has 0 spiro atoms. The van der Waals surface area contributed by atoms with E-state index in [4.69, 9.17) is 0 Å². The van der Waals surface area contributed by atoms with Crippen LogP contribution in [-0.4, -0.2) is 9.55 Å². The van der Waals surface area contributed by atoms with E-state index in [1.165, 1.54) is 0 Å². The average Bonchev–Trinajstić information content (AvgIpc) is 2.71. The van der Waals surface area contributed by atoms with E-state index in [0.717, 1.165) is 12.1 Å². The summed E-state index contributed by atoms with van der Waals surface area (Å²) in [6, 6.07) is 2.23. The van der Waals surface area contributed by atoms with Crippen molar-refractivity contribution in [2.75, 3.05) is 5.32 Å². The summed E-state index contributed by atoms with van der Waals surface area (Å²) in [7, 11) is 0. The maximum Gasteiger partial charge on any atom is 0.416 e. The fourth-order valence-electron chi connectivity index (χ4n) is 1.81. The van der Waals surface area contributed by atoms with E-state index in [0.29, 0.717) is 24.3 Å². The number of imidazole rings is 1. The molecule has 0 unspecified atom stereocenters. The summed E-state index contributed by atoms with van der Waals surface area (Å²) >= 11 is 0. The van der Waals surface area contributed by atoms with Gasteiger partial charge in [-0.3, -0.25) is 0 Å². The summed E-state index contributed by atoms with van der Waals surface area (Å²) in [5.41, 5.74) is -0.463. The van der Waals surface area contributed by atoms with Crippen LogP contribution in [0.2, 0.25) is 0 Å². The maximum absolute atomic E-state index is 13.6. The topological polar surface area (TPSA) is 29.9 Å². The van der Waals surface area contributed by atoms with Gasteiger partial charge in [0, 0.05) is 12.7 Å². The molecule has 0 saturated carbocycles. The van der Waals surface area contributed by atoms with Crippen LogP contribution in [0.3, 0.4) is 0 Å². The molecule has 1 aromatic carbocycles. The molecule has 0 saturated heterocycles. The molecule has 0 atom stereocenters. The highest BCUT2D eigenvalue weighted by molar-refractivity contribution is 5.56. The van der Waals surface area contributed by atoms with Gasteiger partial charge >= 0.3 is 6.18 Å². The van der Waals surface area contributed by atoms with Crippen molar-refractivity contribution < 1.29 is 17.6 Å². The average molecular weight is 287 g/mol. The summed E-state index contributed by atoms with van der Waals surface area (Å²) in [6.07, 6.45) is -2.78. The molecule has 0 radical (unpaired) electrons. The third-order valence-corrected chi connectivity index (χ3v) is 2.78. The third-order valence-electron chi connectivity index (χ3n) is 2.78. The number of hydrogen-bond acceptors (Lipinski definition) is 2. The Morgan fingerprint density at radius 3 is 2.60 bits per heavy atom. The molecule has 2 aromatic rings. The van der Waals surface area contributed by atoms with Crippen molar-refractivity contribution in [2.45, 2.75) is 26.6 Å². The van der Waals surface area contributed by atoms with Crippen molar-refractivity contribution in [3.05, 3.63) is 41.5 Å². The standard InChI is InChI=1S/C13H13F4N3/c1-3-20-7-8(2)18-12(20)19-11-6-9(13(15,16)17)4-5-10(11)14/h4-7H,3H2,1-2H3,(H,18,19). The number of hydrogen-bond donors (Lipinski definition) is 1. The minimum atomic E-state index is -4.51. The second kappa shape index (κ2) is 5.15. The molecule has 108 valence electrons. The molecule has 0 bridgehead atoms. The molecular weight excluding hydrogens is 274 g/mol. The first-order chi connectivity index (χ1) is 9.31. The molecule has 20 heavy (non-hydrogen) atoms. The minimum absolute atomic E-state index is 0.250. The van der Waals surface area contributed by atoms with Crippen LogP contribution in [0.25, 0.3) is 0 Å². The van der Waals surface area contributed by atoms with Gasteiger partial charge in [0.05, 0.1) is 16.9 Å². The van der Waals surface area contributed by atoms with Crippen molar-refractivity contribution in [1.82, 2.24) is 9.55 Å². The fraction of sp³-hybridized carbons (Fsp3) is 0.308. The van der Waals surface area contributed by atoms with E-state index in [9.17, 15) is 17.6 Å². The Bertz CT molecular complexity index is 617. The number of nitrogens with one attached hydrogen (secondary N) is 1. The van der Waals surface area contributed by atoms with Crippen LogP contribution in [-0.2, 0) is 12.7 Å². The molecule has 2 rings (SSSR count). The first-order valence-electron chi connectivity index (χ1n) is 5.98. The molecule has 0 aliphatic carbocycles. The molecule has 0 fully saturated rings. The SMILES string of the molecule is CCn1cc(C)nc1Nc1cc(C(F)(F)F)ccc1F. The monoisotopic (exact) mass is 287 g/mol. The second-order valence-electron chi connectivity index (χ2n) is 4.31. The van der Waals surface area contributed by atoms with Gasteiger partial charge in [0.15, 0.2) is 0 Å². The third kappa shape index (κ3) is 2.92. The maximum atomic E-state index is 13.6. The van der Waals surface area contributed by atoms with E-state index in [2.05, 4.69) is 10.3 Å². The predicted molar refractivity (Wildman–Crippen MR) is 67.3 cm³/mol. The van der Waals surface area contributed by atoms with Crippen LogP contribution >= 0.6 is 0 Å². The summed E-state index contributed by atoms with van der Waals surface area (Å²) in [6.45, 7) is 4.18. The number of aromatic nitrogens is 2. The van der Waals surface area contributed by atoms with E-state index >= 15 is 0 Å². The van der Waals surface area contributed by atoms with E-state index < -0.39 is 17.6 Å². The molecule has 7 heteroatoms. The number of halogens is 4. The summed E-state index contributed by atoms with van der Waals surface area (Å²) in [4.78, 5) is 4.11. The zero-order valence-corrected chi connectivity index (χ0v) is 10.9. The number of aryl methyl sites for hydroxylation is 2. The largest absolute Gasteiger partial charge is 0.416 e. The normalized spacial score (nSPS) is 11.7. The molecule has 1 heterocycles. The highest BCUT2D eigenvalue weighted by Gasteiger charge is 2.31. The summed E-state index contributed by atoms with van der Waals surface area (Å²) < 4.78 is 53.2. The van der Waals surface area contributed by atoms with Crippen LogP contribution in [0.4, 0.5) is 29.2 Å². The van der Waals surface area contributed by atoms with Gasteiger partial charge < -0.3 is 9.88 Å². The van der Waals surface area contributed by atoms with Gasteiger partial charge in [0.25, 0.3) is 0 Å². The molecule has 0 aliphatic rings. The van der Waals surface area contributed by atoms with Crippen LogP contribution in [0.5, 0.6) is 0 Å². The van der Waals surface area contributed by atoms with Crippen molar-refractivity contribution in [3.63, 3.8) is 0 Å². The number of anilines is 2. The van der Waals surface area contributed by atoms with Crippen molar-refractivity contribution in [3.8, 4) is 0 Å². The number of nitrogens with zero attached hydrogens (tertiary/aromatic N) is 2. The van der Waals surface area contributed by atoms with Gasteiger partial charge in [-0.05, 0) is 32.0 Å². The number of benzene rings is 1. The molecular formula is C13H13F4N3. The molecule has 1 N–H and O–H groups in total. The Morgan fingerprint density at radius 2 is 2.00 bits per heavy atom. The number of alkyl halides is 3. The van der Waals surface area contributed by atoms with E-state index in [1.807, 2.05) is 6.92 Å². The Kier molecular flexibility index (Phi) is 3.69. The van der Waals surface area contributed by atoms with Gasteiger partial charge in [-0.25, -0.2) is 9.37 Å². The minimum Gasteiger partial charge on any atom is -0.323 e. The molecule has 1 aromatic heterocycles. The van der Waals surface area contributed by atoms with Crippen molar-refractivity contribution in [1.29, 1.82) is 0 Å². The lowest BCUT2D eigenvalue weighted by Crippen LogP contribution is -2.08. The van der Waals surface area contributed by atoms with Gasteiger partial charge in [-0.2, -0.15) is 13.2 Å². The summed E-state index contributed by atoms with van der Waals surface area (Å²) in [5, 5.41) is 2.60. The second-order valence-corrected chi connectivity index (χ2v) is 4.31. The van der Waals surface area contributed by atoms with E-state index in [-0.39, 0.29) is 5.69 Å². The van der Waals surface area contributed by atoms with Crippen molar-refractivity contribution >= 4 is 11.6 Å². The predicted octanol–water partition coefficient (Wildman–Crippen LogP) is 4.11. The Hall–Kier alpha value is -2.05. The Morgan fingerprint density at radius 1 is 1.30 bits per heavy atom. The van der Waals surface area contributed by atoms with Crippen LogP contribution < -0.4 is 5.32 Å². The smallest absolute Gasteiger partial charge is 0.323 e. The zero-order chi connectivity index (χ0) is 14.9. The molecule has 0 amide bonds. The van der Waals surface area contributed by atoms with E-state index in [1.54, 1.807) is 17.7 Å². The first kappa shape index (κ1) is 14.4.